The zero-order chi connectivity index (χ0) is 19.0. The number of carbonyl (C=O) groups is 1. The lowest BCUT2D eigenvalue weighted by Crippen LogP contribution is -2.40. The largest absolute Gasteiger partial charge is 0.487 e. The van der Waals surface area contributed by atoms with Crippen LogP contribution in [0.3, 0.4) is 0 Å². The van der Waals surface area contributed by atoms with Crippen LogP contribution in [0.15, 0.2) is 47.4 Å². The summed E-state index contributed by atoms with van der Waals surface area (Å²) in [6, 6.07) is 12.9. The van der Waals surface area contributed by atoms with Gasteiger partial charge in [0, 0.05) is 24.2 Å². The number of hydrogen-bond donors (Lipinski definition) is 1. The zero-order valence-electron chi connectivity index (χ0n) is 15.3. The van der Waals surface area contributed by atoms with Gasteiger partial charge in [-0.2, -0.15) is 0 Å². The van der Waals surface area contributed by atoms with E-state index >= 15 is 0 Å². The first kappa shape index (κ1) is 18.0. The van der Waals surface area contributed by atoms with E-state index in [9.17, 15) is 13.2 Å². The monoisotopic (exact) mass is 385 g/mol. The van der Waals surface area contributed by atoms with Gasteiger partial charge in [0.15, 0.2) is 9.84 Å². The molecule has 0 saturated heterocycles. The molecule has 2 aromatic rings. The molecule has 27 heavy (non-hydrogen) atoms. The molecule has 2 aromatic carbocycles. The Morgan fingerprint density at radius 1 is 1.15 bits per heavy atom. The fraction of sp³-hybridized carbons (Fsp3) is 0.381. The highest BCUT2D eigenvalue weighted by molar-refractivity contribution is 7.90. The Labute approximate surface area is 159 Å². The molecule has 1 atom stereocenters. The van der Waals surface area contributed by atoms with E-state index in [4.69, 9.17) is 4.74 Å². The molecular formula is C21H23NO4S. The lowest BCUT2D eigenvalue weighted by molar-refractivity contribution is -0.127. The second kappa shape index (κ2) is 7.00. The molecule has 2 aliphatic rings. The molecule has 5 nitrogen and oxygen atoms in total. The van der Waals surface area contributed by atoms with Gasteiger partial charge < -0.3 is 10.1 Å². The van der Waals surface area contributed by atoms with Gasteiger partial charge in [-0.25, -0.2) is 8.42 Å². The molecule has 1 saturated carbocycles. The predicted molar refractivity (Wildman–Crippen MR) is 103 cm³/mol. The Bertz CT molecular complexity index is 962. The third-order valence-electron chi connectivity index (χ3n) is 5.40. The molecule has 1 aliphatic heterocycles. The molecule has 1 aliphatic carbocycles. The molecule has 0 unspecified atom stereocenters. The molecule has 1 amide bonds. The topological polar surface area (TPSA) is 72.5 Å². The van der Waals surface area contributed by atoms with Crippen molar-refractivity contribution in [3.05, 3.63) is 48.0 Å². The minimum absolute atomic E-state index is 0.0690. The maximum absolute atomic E-state index is 12.0. The standard InChI is InChI=1S/C21H23NO4S/c1-27(24,25)18-10-8-14(9-11-18)19-7-3-6-16-12-17(26-20(16)19)13-22-21(23)15-4-2-5-15/h3,6-11,15,17H,2,4-5,12-13H2,1H3,(H,22,23)/t17-/m0/s1. The van der Waals surface area contributed by atoms with Crippen LogP contribution < -0.4 is 10.1 Å². The number of amides is 1. The van der Waals surface area contributed by atoms with Gasteiger partial charge in [-0.1, -0.05) is 36.8 Å². The number of carbonyl (C=O) groups excluding carboxylic acids is 1. The van der Waals surface area contributed by atoms with Gasteiger partial charge in [-0.15, -0.1) is 0 Å². The summed E-state index contributed by atoms with van der Waals surface area (Å²) in [5, 5.41) is 3.01. The Morgan fingerprint density at radius 3 is 2.52 bits per heavy atom. The van der Waals surface area contributed by atoms with Crippen molar-refractivity contribution < 1.29 is 17.9 Å². The Morgan fingerprint density at radius 2 is 1.89 bits per heavy atom. The summed E-state index contributed by atoms with van der Waals surface area (Å²) in [6.45, 7) is 0.510. The smallest absolute Gasteiger partial charge is 0.223 e. The van der Waals surface area contributed by atoms with Crippen molar-refractivity contribution in [1.82, 2.24) is 5.32 Å². The normalized spacial score (nSPS) is 19.1. The van der Waals surface area contributed by atoms with Gasteiger partial charge in [0.25, 0.3) is 0 Å². The highest BCUT2D eigenvalue weighted by atomic mass is 32.2. The Balaban J connectivity index is 1.49. The molecular weight excluding hydrogens is 362 g/mol. The first-order valence-electron chi connectivity index (χ1n) is 9.28. The van der Waals surface area contributed by atoms with E-state index < -0.39 is 9.84 Å². The van der Waals surface area contributed by atoms with Crippen LogP contribution in [0.1, 0.15) is 24.8 Å². The molecule has 1 fully saturated rings. The summed E-state index contributed by atoms with van der Waals surface area (Å²) in [4.78, 5) is 12.3. The van der Waals surface area contributed by atoms with Crippen LogP contribution in [0.4, 0.5) is 0 Å². The lowest BCUT2D eigenvalue weighted by Gasteiger charge is -2.24. The first-order chi connectivity index (χ1) is 12.9. The Hall–Kier alpha value is -2.34. The van der Waals surface area contributed by atoms with Gasteiger partial charge in [-0.3, -0.25) is 4.79 Å². The number of benzene rings is 2. The second-order valence-corrected chi connectivity index (χ2v) is 9.42. The average molecular weight is 385 g/mol. The summed E-state index contributed by atoms with van der Waals surface area (Å²) < 4.78 is 29.4. The van der Waals surface area contributed by atoms with E-state index in [1.54, 1.807) is 24.3 Å². The third-order valence-corrected chi connectivity index (χ3v) is 6.53. The summed E-state index contributed by atoms with van der Waals surface area (Å²) in [5.41, 5.74) is 2.97. The van der Waals surface area contributed by atoms with Gasteiger partial charge in [0.1, 0.15) is 11.9 Å². The molecule has 0 spiro atoms. The average Bonchev–Trinajstić information content (AvgIpc) is 3.01. The van der Waals surface area contributed by atoms with E-state index in [0.29, 0.717) is 11.4 Å². The van der Waals surface area contributed by atoms with Gasteiger partial charge in [0.05, 0.1) is 11.4 Å². The van der Waals surface area contributed by atoms with Crippen molar-refractivity contribution in [2.45, 2.75) is 36.7 Å². The van der Waals surface area contributed by atoms with E-state index in [0.717, 1.165) is 48.1 Å². The van der Waals surface area contributed by atoms with Crippen molar-refractivity contribution in [3.63, 3.8) is 0 Å². The number of rotatable bonds is 5. The van der Waals surface area contributed by atoms with Crippen LogP contribution in [0.5, 0.6) is 5.75 Å². The van der Waals surface area contributed by atoms with E-state index in [-0.39, 0.29) is 17.9 Å². The van der Waals surface area contributed by atoms with Crippen LogP contribution in [-0.4, -0.2) is 33.2 Å². The van der Waals surface area contributed by atoms with Crippen LogP contribution >= 0.6 is 0 Å². The van der Waals surface area contributed by atoms with Gasteiger partial charge in [-0.05, 0) is 36.1 Å². The first-order valence-corrected chi connectivity index (χ1v) is 11.2. The highest BCUT2D eigenvalue weighted by Crippen LogP contribution is 2.39. The number of para-hydroxylation sites is 1. The minimum Gasteiger partial charge on any atom is -0.487 e. The maximum atomic E-state index is 12.0. The number of nitrogens with one attached hydrogen (secondary N) is 1. The molecule has 0 radical (unpaired) electrons. The van der Waals surface area contributed by atoms with E-state index in [1.165, 1.54) is 6.26 Å². The second-order valence-electron chi connectivity index (χ2n) is 7.41. The van der Waals surface area contributed by atoms with Gasteiger partial charge in [0.2, 0.25) is 5.91 Å². The van der Waals surface area contributed by atoms with E-state index in [2.05, 4.69) is 5.32 Å². The fourth-order valence-electron chi connectivity index (χ4n) is 3.59. The van der Waals surface area contributed by atoms with Gasteiger partial charge >= 0.3 is 0 Å². The number of fused-ring (bicyclic) bond motifs is 1. The summed E-state index contributed by atoms with van der Waals surface area (Å²) in [6.07, 6.45) is 5.02. The lowest BCUT2D eigenvalue weighted by atomic mass is 9.85. The molecule has 142 valence electrons. The predicted octanol–water partition coefficient (Wildman–Crippen LogP) is 2.98. The zero-order valence-corrected chi connectivity index (χ0v) is 16.1. The van der Waals surface area contributed by atoms with Crippen LogP contribution in [0, 0.1) is 5.92 Å². The van der Waals surface area contributed by atoms with E-state index in [1.807, 2.05) is 18.2 Å². The quantitative estimate of drug-likeness (QED) is 0.859. The van der Waals surface area contributed by atoms with Crippen molar-refractivity contribution in [2.24, 2.45) is 5.92 Å². The maximum Gasteiger partial charge on any atom is 0.223 e. The fourth-order valence-corrected chi connectivity index (χ4v) is 4.22. The SMILES string of the molecule is CS(=O)(=O)c1ccc(-c2cccc3c2O[C@H](CNC(=O)C2CCC2)C3)cc1. The highest BCUT2D eigenvalue weighted by Gasteiger charge is 2.29. The molecule has 1 N–H and O–H groups in total. The summed E-state index contributed by atoms with van der Waals surface area (Å²) in [7, 11) is -3.21. The minimum atomic E-state index is -3.21. The molecule has 1 heterocycles. The van der Waals surface area contributed by atoms with Crippen LogP contribution in [0.2, 0.25) is 0 Å². The van der Waals surface area contributed by atoms with Crippen LogP contribution in [0.25, 0.3) is 11.1 Å². The van der Waals surface area contributed by atoms with Crippen molar-refractivity contribution in [2.75, 3.05) is 12.8 Å². The third kappa shape index (κ3) is 3.72. The molecule has 4 rings (SSSR count). The molecule has 0 bridgehead atoms. The number of ether oxygens (including phenoxy) is 1. The van der Waals surface area contributed by atoms with Crippen molar-refractivity contribution in [3.8, 4) is 16.9 Å². The van der Waals surface area contributed by atoms with Crippen molar-refractivity contribution in [1.29, 1.82) is 0 Å². The molecule has 6 heteroatoms. The van der Waals surface area contributed by atoms with Crippen LogP contribution in [-0.2, 0) is 21.1 Å². The molecule has 0 aromatic heterocycles. The number of hydrogen-bond acceptors (Lipinski definition) is 4. The van der Waals surface area contributed by atoms with Crippen molar-refractivity contribution >= 4 is 15.7 Å². The summed E-state index contributed by atoms with van der Waals surface area (Å²) in [5.74, 6) is 1.14. The summed E-state index contributed by atoms with van der Waals surface area (Å²) >= 11 is 0. The Kier molecular flexibility index (Phi) is 4.68. The number of sulfone groups is 1.